The second-order valence-electron chi connectivity index (χ2n) is 5.91. The number of hydrogen-bond acceptors (Lipinski definition) is 3. The lowest BCUT2D eigenvalue weighted by atomic mass is 10.2. The summed E-state index contributed by atoms with van der Waals surface area (Å²) in [5.74, 6) is 0.933. The SMILES string of the molecule is CCNC(=NCCCF)NC1CCN(c2ncc(C(F)(F)F)cc2Cl)C1. The van der Waals surface area contributed by atoms with E-state index in [2.05, 4.69) is 20.6 Å². The van der Waals surface area contributed by atoms with E-state index in [9.17, 15) is 17.6 Å². The first kappa shape index (κ1) is 20.5. The van der Waals surface area contributed by atoms with E-state index in [0.29, 0.717) is 44.4 Å². The average molecular weight is 396 g/mol. The van der Waals surface area contributed by atoms with Gasteiger partial charge < -0.3 is 15.5 Å². The van der Waals surface area contributed by atoms with Gasteiger partial charge in [0.25, 0.3) is 0 Å². The molecule has 0 saturated carbocycles. The number of anilines is 1. The molecule has 10 heteroatoms. The van der Waals surface area contributed by atoms with Crippen molar-refractivity contribution in [3.63, 3.8) is 0 Å². The first-order valence-corrected chi connectivity index (χ1v) is 8.81. The number of hydrogen-bond donors (Lipinski definition) is 2. The van der Waals surface area contributed by atoms with Crippen LogP contribution in [0, 0.1) is 0 Å². The maximum Gasteiger partial charge on any atom is 0.417 e. The number of aromatic nitrogens is 1. The molecular weight excluding hydrogens is 374 g/mol. The molecule has 0 bridgehead atoms. The Balaban J connectivity index is 2.00. The molecule has 1 saturated heterocycles. The number of rotatable bonds is 6. The molecule has 5 nitrogen and oxygen atoms in total. The maximum atomic E-state index is 12.7. The molecule has 1 unspecified atom stereocenters. The van der Waals surface area contributed by atoms with Crippen LogP contribution in [0.3, 0.4) is 0 Å². The van der Waals surface area contributed by atoms with Crippen molar-refractivity contribution in [3.8, 4) is 0 Å². The molecule has 0 aliphatic carbocycles. The first-order valence-electron chi connectivity index (χ1n) is 8.43. The van der Waals surface area contributed by atoms with Gasteiger partial charge in [-0.05, 0) is 25.8 Å². The molecule has 0 spiro atoms. The summed E-state index contributed by atoms with van der Waals surface area (Å²) in [4.78, 5) is 10.0. The summed E-state index contributed by atoms with van der Waals surface area (Å²) in [5.41, 5.74) is -0.866. The summed E-state index contributed by atoms with van der Waals surface area (Å²) < 4.78 is 50.4. The average Bonchev–Trinajstić information content (AvgIpc) is 3.02. The van der Waals surface area contributed by atoms with Crippen LogP contribution in [0.15, 0.2) is 17.3 Å². The van der Waals surface area contributed by atoms with Crippen LogP contribution in [0.5, 0.6) is 0 Å². The second kappa shape index (κ2) is 9.25. The molecule has 0 aromatic carbocycles. The van der Waals surface area contributed by atoms with Crippen LogP contribution in [0.1, 0.15) is 25.3 Å². The van der Waals surface area contributed by atoms with Crippen molar-refractivity contribution in [2.45, 2.75) is 32.0 Å². The molecule has 0 amide bonds. The van der Waals surface area contributed by atoms with Crippen molar-refractivity contribution in [1.29, 1.82) is 0 Å². The number of nitrogens with zero attached hydrogens (tertiary/aromatic N) is 3. The number of guanidine groups is 1. The van der Waals surface area contributed by atoms with Crippen molar-refractivity contribution in [2.24, 2.45) is 4.99 Å². The highest BCUT2D eigenvalue weighted by molar-refractivity contribution is 6.33. The van der Waals surface area contributed by atoms with E-state index in [4.69, 9.17) is 11.6 Å². The van der Waals surface area contributed by atoms with E-state index in [1.807, 2.05) is 11.8 Å². The number of aliphatic imine (C=N–C) groups is 1. The zero-order chi connectivity index (χ0) is 19.2. The Bertz CT molecular complexity index is 623. The van der Waals surface area contributed by atoms with Crippen LogP contribution in [0.2, 0.25) is 5.02 Å². The normalized spacial score (nSPS) is 18.3. The zero-order valence-electron chi connectivity index (χ0n) is 14.4. The molecule has 0 radical (unpaired) electrons. The van der Waals surface area contributed by atoms with Crippen LogP contribution in [-0.2, 0) is 6.18 Å². The van der Waals surface area contributed by atoms with Gasteiger partial charge in [0.2, 0.25) is 0 Å². The molecule has 1 fully saturated rings. The monoisotopic (exact) mass is 395 g/mol. The van der Waals surface area contributed by atoms with Crippen LogP contribution in [0.25, 0.3) is 0 Å². The molecule has 1 aromatic heterocycles. The molecule has 1 aromatic rings. The Hall–Kier alpha value is -1.77. The highest BCUT2D eigenvalue weighted by Gasteiger charge is 2.33. The van der Waals surface area contributed by atoms with Gasteiger partial charge in [-0.25, -0.2) is 4.98 Å². The summed E-state index contributed by atoms with van der Waals surface area (Å²) in [6.07, 6.45) is -2.56. The van der Waals surface area contributed by atoms with E-state index in [1.165, 1.54) is 0 Å². The van der Waals surface area contributed by atoms with Crippen LogP contribution < -0.4 is 15.5 Å². The number of nitrogens with one attached hydrogen (secondary N) is 2. The molecule has 2 N–H and O–H groups in total. The van der Waals surface area contributed by atoms with Crippen molar-refractivity contribution >= 4 is 23.4 Å². The standard InChI is InChI=1S/C16H22ClF4N5/c1-2-22-15(23-6-3-5-18)25-12-4-7-26(10-12)14-13(17)8-11(9-24-14)16(19,20)21/h8-9,12H,2-7,10H2,1H3,(H2,22,23,25). The predicted octanol–water partition coefficient (Wildman–Crippen LogP) is 3.25. The van der Waals surface area contributed by atoms with E-state index in [0.717, 1.165) is 18.7 Å². The van der Waals surface area contributed by atoms with Crippen molar-refractivity contribution in [3.05, 3.63) is 22.8 Å². The summed E-state index contributed by atoms with van der Waals surface area (Å²) in [5, 5.41) is 6.32. The summed E-state index contributed by atoms with van der Waals surface area (Å²) in [7, 11) is 0. The van der Waals surface area contributed by atoms with Gasteiger partial charge in [-0.3, -0.25) is 9.38 Å². The molecule has 2 heterocycles. The van der Waals surface area contributed by atoms with Crippen LogP contribution in [0.4, 0.5) is 23.4 Å². The predicted molar refractivity (Wildman–Crippen MR) is 94.6 cm³/mol. The smallest absolute Gasteiger partial charge is 0.357 e. The Morgan fingerprint density at radius 3 is 2.85 bits per heavy atom. The van der Waals surface area contributed by atoms with Gasteiger partial charge in [-0.2, -0.15) is 13.2 Å². The molecule has 1 aliphatic heterocycles. The maximum absolute atomic E-state index is 12.7. The molecule has 26 heavy (non-hydrogen) atoms. The van der Waals surface area contributed by atoms with E-state index in [1.54, 1.807) is 0 Å². The lowest BCUT2D eigenvalue weighted by Crippen LogP contribution is -2.44. The molecular formula is C16H22ClF4N5. The van der Waals surface area contributed by atoms with Crippen LogP contribution >= 0.6 is 11.6 Å². The molecule has 1 aliphatic rings. The Labute approximate surface area is 154 Å². The van der Waals surface area contributed by atoms with Gasteiger partial charge in [-0.1, -0.05) is 11.6 Å². The van der Waals surface area contributed by atoms with Gasteiger partial charge in [-0.15, -0.1) is 0 Å². The fraction of sp³-hybridized carbons (Fsp3) is 0.625. The van der Waals surface area contributed by atoms with Crippen molar-refractivity contribution in [1.82, 2.24) is 15.6 Å². The number of halogens is 5. The quantitative estimate of drug-likeness (QED) is 0.336. The first-order chi connectivity index (χ1) is 12.3. The third-order valence-corrected chi connectivity index (χ3v) is 4.16. The largest absolute Gasteiger partial charge is 0.417 e. The summed E-state index contributed by atoms with van der Waals surface area (Å²) in [6, 6.07) is 0.936. The van der Waals surface area contributed by atoms with Crippen LogP contribution in [-0.4, -0.2) is 49.8 Å². The van der Waals surface area contributed by atoms with Gasteiger partial charge >= 0.3 is 6.18 Å². The van der Waals surface area contributed by atoms with Crippen molar-refractivity contribution in [2.75, 3.05) is 37.8 Å². The Morgan fingerprint density at radius 1 is 1.46 bits per heavy atom. The van der Waals surface area contributed by atoms with Crippen molar-refractivity contribution < 1.29 is 17.6 Å². The third kappa shape index (κ3) is 5.62. The second-order valence-corrected chi connectivity index (χ2v) is 6.31. The molecule has 1 atom stereocenters. The number of alkyl halides is 4. The minimum absolute atomic E-state index is 0.0241. The van der Waals surface area contributed by atoms with E-state index in [-0.39, 0.29) is 11.1 Å². The Morgan fingerprint density at radius 2 is 2.23 bits per heavy atom. The molecule has 2 rings (SSSR count). The van der Waals surface area contributed by atoms with Gasteiger partial charge in [0, 0.05) is 38.4 Å². The summed E-state index contributed by atoms with van der Waals surface area (Å²) in [6.45, 7) is 3.71. The highest BCUT2D eigenvalue weighted by Crippen LogP contribution is 2.34. The highest BCUT2D eigenvalue weighted by atomic mass is 35.5. The molecule has 146 valence electrons. The third-order valence-electron chi connectivity index (χ3n) is 3.88. The minimum Gasteiger partial charge on any atom is -0.357 e. The lowest BCUT2D eigenvalue weighted by molar-refractivity contribution is -0.137. The fourth-order valence-corrected chi connectivity index (χ4v) is 2.94. The fourth-order valence-electron chi connectivity index (χ4n) is 2.65. The van der Waals surface area contributed by atoms with Gasteiger partial charge in [0.05, 0.1) is 17.3 Å². The van der Waals surface area contributed by atoms with Gasteiger partial charge in [0.15, 0.2) is 5.96 Å². The van der Waals surface area contributed by atoms with Gasteiger partial charge in [0.1, 0.15) is 5.82 Å². The number of pyridine rings is 1. The Kier molecular flexibility index (Phi) is 7.31. The van der Waals surface area contributed by atoms with E-state index < -0.39 is 18.4 Å². The lowest BCUT2D eigenvalue weighted by Gasteiger charge is -2.21. The van der Waals surface area contributed by atoms with E-state index >= 15 is 0 Å². The topological polar surface area (TPSA) is 52.6 Å². The zero-order valence-corrected chi connectivity index (χ0v) is 15.2. The summed E-state index contributed by atoms with van der Waals surface area (Å²) >= 11 is 6.01. The minimum atomic E-state index is -4.47.